The number of carbonyl (C=O) groups excluding carboxylic acids is 1. The van der Waals surface area contributed by atoms with Crippen LogP contribution in [0.4, 0.5) is 5.69 Å². The fourth-order valence-electron chi connectivity index (χ4n) is 2.35. The average Bonchev–Trinajstić information content (AvgIpc) is 2.90. The topological polar surface area (TPSA) is 38.3 Å². The third-order valence-electron chi connectivity index (χ3n) is 3.38. The van der Waals surface area contributed by atoms with Crippen LogP contribution in [-0.4, -0.2) is 24.0 Å². The number of ether oxygens (including phenoxy) is 1. The lowest BCUT2D eigenvalue weighted by molar-refractivity contribution is -0.113. The molecule has 1 aliphatic carbocycles. The largest absolute Gasteiger partial charge is 0.495 e. The highest BCUT2D eigenvalue weighted by Crippen LogP contribution is 2.30. The number of nitrogens with one attached hydrogen (secondary N) is 1. The molecule has 4 heteroatoms. The molecule has 0 spiro atoms. The molecule has 2 rings (SSSR count). The maximum atomic E-state index is 12.0. The summed E-state index contributed by atoms with van der Waals surface area (Å²) in [4.78, 5) is 12.0. The van der Waals surface area contributed by atoms with Gasteiger partial charge < -0.3 is 10.1 Å². The van der Waals surface area contributed by atoms with E-state index in [0.717, 1.165) is 11.3 Å². The number of hydrogen-bond donors (Lipinski definition) is 1. The number of carbonyl (C=O) groups is 1. The molecule has 1 aromatic carbocycles. The minimum absolute atomic E-state index is 0.0563. The number of amides is 1. The number of thioether (sulfide) groups is 1. The van der Waals surface area contributed by atoms with E-state index < -0.39 is 0 Å². The van der Waals surface area contributed by atoms with Crippen LogP contribution in [0.5, 0.6) is 5.75 Å². The van der Waals surface area contributed by atoms with Crippen molar-refractivity contribution in [3.63, 3.8) is 0 Å². The van der Waals surface area contributed by atoms with Gasteiger partial charge in [-0.25, -0.2) is 0 Å². The summed E-state index contributed by atoms with van der Waals surface area (Å²) in [6, 6.07) is 5.80. The molecule has 0 radical (unpaired) electrons. The van der Waals surface area contributed by atoms with Crippen molar-refractivity contribution in [2.75, 3.05) is 18.2 Å². The first-order valence-corrected chi connectivity index (χ1v) is 7.80. The van der Waals surface area contributed by atoms with Crippen LogP contribution < -0.4 is 10.1 Å². The molecule has 1 aromatic rings. The van der Waals surface area contributed by atoms with E-state index in [-0.39, 0.29) is 5.91 Å². The van der Waals surface area contributed by atoms with Crippen molar-refractivity contribution in [3.05, 3.63) is 23.8 Å². The first kappa shape index (κ1) is 14.3. The molecular weight excluding hydrogens is 258 g/mol. The smallest absolute Gasteiger partial charge is 0.234 e. The lowest BCUT2D eigenvalue weighted by atomic mass is 10.2. The van der Waals surface area contributed by atoms with Crippen LogP contribution in [-0.2, 0) is 4.79 Å². The molecule has 1 aliphatic rings. The molecule has 0 aromatic heterocycles. The van der Waals surface area contributed by atoms with Gasteiger partial charge in [-0.2, -0.15) is 0 Å². The predicted octanol–water partition coefficient (Wildman–Crippen LogP) is 3.62. The summed E-state index contributed by atoms with van der Waals surface area (Å²) in [7, 11) is 1.62. The average molecular weight is 279 g/mol. The highest BCUT2D eigenvalue weighted by atomic mass is 32.2. The predicted molar refractivity (Wildman–Crippen MR) is 81.1 cm³/mol. The lowest BCUT2D eigenvalue weighted by Gasteiger charge is -2.12. The second kappa shape index (κ2) is 6.85. The van der Waals surface area contributed by atoms with Gasteiger partial charge in [-0.3, -0.25) is 4.79 Å². The van der Waals surface area contributed by atoms with E-state index in [0.29, 0.717) is 16.8 Å². The molecule has 1 saturated carbocycles. The van der Waals surface area contributed by atoms with E-state index >= 15 is 0 Å². The van der Waals surface area contributed by atoms with Crippen molar-refractivity contribution in [3.8, 4) is 5.75 Å². The van der Waals surface area contributed by atoms with Gasteiger partial charge in [0.1, 0.15) is 5.75 Å². The van der Waals surface area contributed by atoms with Crippen LogP contribution in [0.2, 0.25) is 0 Å². The summed E-state index contributed by atoms with van der Waals surface area (Å²) in [6.45, 7) is 2.00. The van der Waals surface area contributed by atoms with Gasteiger partial charge in [0.25, 0.3) is 0 Å². The minimum Gasteiger partial charge on any atom is -0.495 e. The lowest BCUT2D eigenvalue weighted by Crippen LogP contribution is -2.16. The third kappa shape index (κ3) is 4.16. The summed E-state index contributed by atoms with van der Waals surface area (Å²) in [5, 5.41) is 3.61. The van der Waals surface area contributed by atoms with Crippen LogP contribution in [0.25, 0.3) is 0 Å². The summed E-state index contributed by atoms with van der Waals surface area (Å²) >= 11 is 1.78. The summed E-state index contributed by atoms with van der Waals surface area (Å²) in [5.41, 5.74) is 1.87. The van der Waals surface area contributed by atoms with E-state index in [1.807, 2.05) is 25.1 Å². The van der Waals surface area contributed by atoms with E-state index in [1.54, 1.807) is 18.9 Å². The molecular formula is C15H21NO2S. The first-order valence-electron chi connectivity index (χ1n) is 6.75. The fraction of sp³-hybridized carbons (Fsp3) is 0.533. The second-order valence-electron chi connectivity index (χ2n) is 4.97. The van der Waals surface area contributed by atoms with E-state index in [4.69, 9.17) is 4.74 Å². The first-order chi connectivity index (χ1) is 9.19. The van der Waals surface area contributed by atoms with Crippen LogP contribution in [0.1, 0.15) is 31.2 Å². The highest BCUT2D eigenvalue weighted by molar-refractivity contribution is 8.00. The molecule has 3 nitrogen and oxygen atoms in total. The molecule has 104 valence electrons. The van der Waals surface area contributed by atoms with E-state index in [9.17, 15) is 4.79 Å². The molecule has 0 atom stereocenters. The summed E-state index contributed by atoms with van der Waals surface area (Å²) < 4.78 is 5.26. The number of rotatable bonds is 5. The van der Waals surface area contributed by atoms with Gasteiger partial charge in [0.15, 0.2) is 0 Å². The van der Waals surface area contributed by atoms with Crippen molar-refractivity contribution in [1.82, 2.24) is 0 Å². The SMILES string of the molecule is COc1ccc(C)cc1NC(=O)CSC1CCCC1. The molecule has 19 heavy (non-hydrogen) atoms. The Hall–Kier alpha value is -1.16. The van der Waals surface area contributed by atoms with Crippen molar-refractivity contribution in [2.24, 2.45) is 0 Å². The zero-order valence-corrected chi connectivity index (χ0v) is 12.4. The van der Waals surface area contributed by atoms with Gasteiger partial charge in [-0.15, -0.1) is 11.8 Å². The van der Waals surface area contributed by atoms with Crippen molar-refractivity contribution < 1.29 is 9.53 Å². The zero-order chi connectivity index (χ0) is 13.7. The molecule has 0 saturated heterocycles. The van der Waals surface area contributed by atoms with Gasteiger partial charge in [0.2, 0.25) is 5.91 Å². The van der Waals surface area contributed by atoms with Gasteiger partial charge >= 0.3 is 0 Å². The Balaban J connectivity index is 1.88. The number of anilines is 1. The number of aryl methyl sites for hydroxylation is 1. The maximum Gasteiger partial charge on any atom is 0.234 e. The van der Waals surface area contributed by atoms with Gasteiger partial charge in [-0.05, 0) is 37.5 Å². The maximum absolute atomic E-state index is 12.0. The van der Waals surface area contributed by atoms with Gasteiger partial charge in [0.05, 0.1) is 18.6 Å². The van der Waals surface area contributed by atoms with Gasteiger partial charge in [0, 0.05) is 5.25 Å². The summed E-state index contributed by atoms with van der Waals surface area (Å²) in [6.07, 6.45) is 5.13. The molecule has 1 fully saturated rings. The van der Waals surface area contributed by atoms with Crippen molar-refractivity contribution in [1.29, 1.82) is 0 Å². The number of hydrogen-bond acceptors (Lipinski definition) is 3. The van der Waals surface area contributed by atoms with Crippen LogP contribution in [0.3, 0.4) is 0 Å². The monoisotopic (exact) mass is 279 g/mol. The number of benzene rings is 1. The Morgan fingerprint density at radius 1 is 1.42 bits per heavy atom. The highest BCUT2D eigenvalue weighted by Gasteiger charge is 2.17. The Bertz CT molecular complexity index is 442. The Labute approximate surface area is 119 Å². The molecule has 1 amide bonds. The molecule has 0 unspecified atom stereocenters. The van der Waals surface area contributed by atoms with Gasteiger partial charge in [-0.1, -0.05) is 18.9 Å². The van der Waals surface area contributed by atoms with E-state index in [2.05, 4.69) is 5.32 Å². The zero-order valence-electron chi connectivity index (χ0n) is 11.6. The number of methoxy groups -OCH3 is 1. The quantitative estimate of drug-likeness (QED) is 0.894. The second-order valence-corrected chi connectivity index (χ2v) is 6.26. The fourth-order valence-corrected chi connectivity index (χ4v) is 3.48. The summed E-state index contributed by atoms with van der Waals surface area (Å²) in [5.74, 6) is 1.30. The Morgan fingerprint density at radius 3 is 2.84 bits per heavy atom. The molecule has 1 N–H and O–H groups in total. The Kier molecular flexibility index (Phi) is 5.14. The van der Waals surface area contributed by atoms with Crippen LogP contribution >= 0.6 is 11.8 Å². The van der Waals surface area contributed by atoms with Crippen LogP contribution in [0.15, 0.2) is 18.2 Å². The van der Waals surface area contributed by atoms with Crippen molar-refractivity contribution in [2.45, 2.75) is 37.9 Å². The molecule has 0 heterocycles. The third-order valence-corrected chi connectivity index (χ3v) is 4.75. The molecule has 0 bridgehead atoms. The minimum atomic E-state index is 0.0563. The standard InChI is InChI=1S/C15H21NO2S/c1-11-7-8-14(18-2)13(9-11)16-15(17)10-19-12-5-3-4-6-12/h7-9,12H,3-6,10H2,1-2H3,(H,16,17). The van der Waals surface area contributed by atoms with Crippen LogP contribution in [0, 0.1) is 6.92 Å². The Morgan fingerprint density at radius 2 is 2.16 bits per heavy atom. The molecule has 0 aliphatic heterocycles. The normalized spacial score (nSPS) is 15.5. The van der Waals surface area contributed by atoms with E-state index in [1.165, 1.54) is 25.7 Å². The van der Waals surface area contributed by atoms with Crippen molar-refractivity contribution >= 4 is 23.4 Å².